The Labute approximate surface area is 215 Å². The molecule has 0 unspecified atom stereocenters. The van der Waals surface area contributed by atoms with Gasteiger partial charge in [-0.05, 0) is 51.1 Å². The monoisotopic (exact) mass is 496 g/mol. The average Bonchev–Trinajstić information content (AvgIpc) is 3.54. The SMILES string of the molecule is Cc1ccc(-n2cc(-c3ccccc3)nc2NC(=O)CN(C(=O)c2ccc3c(c2)OCO3)C(C)C)cc1. The van der Waals surface area contributed by atoms with Crippen molar-refractivity contribution in [1.82, 2.24) is 14.5 Å². The Bertz CT molecular complexity index is 1430. The second kappa shape index (κ2) is 10.2. The van der Waals surface area contributed by atoms with E-state index in [1.807, 2.05) is 86.1 Å². The highest BCUT2D eigenvalue weighted by atomic mass is 16.7. The predicted octanol–water partition coefficient (Wildman–Crippen LogP) is 5.07. The van der Waals surface area contributed by atoms with Gasteiger partial charge in [-0.25, -0.2) is 4.98 Å². The number of benzene rings is 3. The molecule has 0 atom stereocenters. The van der Waals surface area contributed by atoms with Gasteiger partial charge in [0.2, 0.25) is 18.6 Å². The summed E-state index contributed by atoms with van der Waals surface area (Å²) in [6, 6.07) is 22.6. The fourth-order valence-corrected chi connectivity index (χ4v) is 4.12. The molecule has 1 aliphatic heterocycles. The highest BCUT2D eigenvalue weighted by Crippen LogP contribution is 2.33. The first kappa shape index (κ1) is 24.1. The van der Waals surface area contributed by atoms with Crippen molar-refractivity contribution < 1.29 is 19.1 Å². The molecule has 8 heteroatoms. The lowest BCUT2D eigenvalue weighted by molar-refractivity contribution is -0.117. The van der Waals surface area contributed by atoms with Gasteiger partial charge in [-0.1, -0.05) is 48.0 Å². The summed E-state index contributed by atoms with van der Waals surface area (Å²) in [6.07, 6.45) is 1.90. The highest BCUT2D eigenvalue weighted by Gasteiger charge is 2.25. The summed E-state index contributed by atoms with van der Waals surface area (Å²) < 4.78 is 12.6. The van der Waals surface area contributed by atoms with Crippen LogP contribution in [0.1, 0.15) is 29.8 Å². The fraction of sp³-hybridized carbons (Fsp3) is 0.207. The number of nitrogens with zero attached hydrogens (tertiary/aromatic N) is 3. The van der Waals surface area contributed by atoms with Crippen molar-refractivity contribution in [2.24, 2.45) is 0 Å². The van der Waals surface area contributed by atoms with Gasteiger partial charge in [-0.2, -0.15) is 0 Å². The Hall–Kier alpha value is -4.59. The van der Waals surface area contributed by atoms with Crippen LogP contribution in [0.2, 0.25) is 0 Å². The molecule has 0 saturated heterocycles. The van der Waals surface area contributed by atoms with E-state index in [2.05, 4.69) is 5.32 Å². The summed E-state index contributed by atoms with van der Waals surface area (Å²) in [5, 5.41) is 2.92. The zero-order chi connectivity index (χ0) is 25.9. The third-order valence-electron chi connectivity index (χ3n) is 6.16. The van der Waals surface area contributed by atoms with Gasteiger partial charge in [0.05, 0.1) is 5.69 Å². The maximum atomic E-state index is 13.3. The molecule has 8 nitrogen and oxygen atoms in total. The number of aromatic nitrogens is 2. The van der Waals surface area contributed by atoms with Crippen LogP contribution in [0.3, 0.4) is 0 Å². The van der Waals surface area contributed by atoms with Gasteiger partial charge in [0.25, 0.3) is 5.91 Å². The van der Waals surface area contributed by atoms with Crippen molar-refractivity contribution in [1.29, 1.82) is 0 Å². The molecule has 0 saturated carbocycles. The Morgan fingerprint density at radius 2 is 1.73 bits per heavy atom. The zero-order valence-corrected chi connectivity index (χ0v) is 21.0. The molecule has 2 heterocycles. The molecule has 2 amide bonds. The van der Waals surface area contributed by atoms with Gasteiger partial charge in [0.1, 0.15) is 6.54 Å². The Kier molecular flexibility index (Phi) is 6.64. The number of ether oxygens (including phenoxy) is 2. The summed E-state index contributed by atoms with van der Waals surface area (Å²) in [7, 11) is 0. The number of anilines is 1. The van der Waals surface area contributed by atoms with Gasteiger partial charge >= 0.3 is 0 Å². The van der Waals surface area contributed by atoms with Crippen LogP contribution in [0.5, 0.6) is 11.5 Å². The van der Waals surface area contributed by atoms with Crippen LogP contribution in [-0.4, -0.2) is 45.6 Å². The van der Waals surface area contributed by atoms with E-state index in [9.17, 15) is 9.59 Å². The minimum absolute atomic E-state index is 0.127. The highest BCUT2D eigenvalue weighted by molar-refractivity contribution is 5.99. The van der Waals surface area contributed by atoms with Crippen molar-refractivity contribution in [3.8, 4) is 28.4 Å². The number of carbonyl (C=O) groups excluding carboxylic acids is 2. The number of rotatable bonds is 7. The van der Waals surface area contributed by atoms with E-state index >= 15 is 0 Å². The molecule has 4 aromatic rings. The van der Waals surface area contributed by atoms with E-state index in [1.165, 1.54) is 4.90 Å². The molecule has 1 N–H and O–H groups in total. The number of carbonyl (C=O) groups is 2. The minimum Gasteiger partial charge on any atom is -0.454 e. The minimum atomic E-state index is -0.346. The number of nitrogens with one attached hydrogen (secondary N) is 1. The number of hydrogen-bond donors (Lipinski definition) is 1. The average molecular weight is 497 g/mol. The van der Waals surface area contributed by atoms with Crippen molar-refractivity contribution in [2.45, 2.75) is 26.8 Å². The maximum absolute atomic E-state index is 13.3. The topological polar surface area (TPSA) is 85.7 Å². The van der Waals surface area contributed by atoms with Crippen molar-refractivity contribution in [2.75, 3.05) is 18.7 Å². The number of fused-ring (bicyclic) bond motifs is 1. The standard InChI is InChI=1S/C29H28N4O4/c1-19(2)32(28(35)22-11-14-25-26(15-22)37-18-36-25)17-27(34)31-29-30-24(21-7-5-4-6-8-21)16-33(29)23-12-9-20(3)10-13-23/h4-16,19H,17-18H2,1-3H3,(H,30,31,34). The normalized spacial score (nSPS) is 12.0. The van der Waals surface area contributed by atoms with E-state index in [4.69, 9.17) is 14.5 Å². The molecule has 0 fully saturated rings. The van der Waals surface area contributed by atoms with Crippen molar-refractivity contribution >= 4 is 17.8 Å². The summed E-state index contributed by atoms with van der Waals surface area (Å²) in [5.74, 6) is 0.888. The molecule has 1 aliphatic rings. The molecule has 3 aromatic carbocycles. The third-order valence-corrected chi connectivity index (χ3v) is 6.16. The van der Waals surface area contributed by atoms with Gasteiger partial charge in [0.15, 0.2) is 11.5 Å². The summed E-state index contributed by atoms with van der Waals surface area (Å²) in [5.41, 5.74) is 4.10. The third kappa shape index (κ3) is 5.18. The Morgan fingerprint density at radius 1 is 1.00 bits per heavy atom. The van der Waals surface area contributed by atoms with Gasteiger partial charge in [0, 0.05) is 29.1 Å². The lowest BCUT2D eigenvalue weighted by atomic mass is 10.1. The first-order valence-corrected chi connectivity index (χ1v) is 12.1. The van der Waals surface area contributed by atoms with Gasteiger partial charge < -0.3 is 14.4 Å². The smallest absolute Gasteiger partial charge is 0.254 e. The van der Waals surface area contributed by atoms with Crippen LogP contribution < -0.4 is 14.8 Å². The second-order valence-corrected chi connectivity index (χ2v) is 9.16. The van der Waals surface area contributed by atoms with E-state index in [-0.39, 0.29) is 31.2 Å². The number of hydrogen-bond acceptors (Lipinski definition) is 5. The fourth-order valence-electron chi connectivity index (χ4n) is 4.12. The summed E-state index contributed by atoms with van der Waals surface area (Å²) in [6.45, 7) is 5.76. The predicted molar refractivity (Wildman–Crippen MR) is 141 cm³/mol. The van der Waals surface area contributed by atoms with Gasteiger partial charge in [-0.3, -0.25) is 19.5 Å². The second-order valence-electron chi connectivity index (χ2n) is 9.16. The lowest BCUT2D eigenvalue weighted by Gasteiger charge is -2.26. The molecular weight excluding hydrogens is 468 g/mol. The van der Waals surface area contributed by atoms with Crippen LogP contribution >= 0.6 is 0 Å². The number of aryl methyl sites for hydroxylation is 1. The zero-order valence-electron chi connectivity index (χ0n) is 21.0. The van der Waals surface area contributed by atoms with E-state index < -0.39 is 0 Å². The van der Waals surface area contributed by atoms with E-state index in [0.717, 1.165) is 22.5 Å². The molecule has 1 aromatic heterocycles. The van der Waals surface area contributed by atoms with Crippen molar-refractivity contribution in [3.63, 3.8) is 0 Å². The van der Waals surface area contributed by atoms with Crippen molar-refractivity contribution in [3.05, 3.63) is 90.1 Å². The Morgan fingerprint density at radius 3 is 2.46 bits per heavy atom. The van der Waals surface area contributed by atoms with E-state index in [0.29, 0.717) is 23.0 Å². The molecule has 0 radical (unpaired) electrons. The first-order valence-electron chi connectivity index (χ1n) is 12.1. The molecule has 37 heavy (non-hydrogen) atoms. The van der Waals surface area contributed by atoms with Crippen LogP contribution in [0, 0.1) is 6.92 Å². The Balaban J connectivity index is 1.40. The molecule has 0 aliphatic carbocycles. The quantitative estimate of drug-likeness (QED) is 0.386. The van der Waals surface area contributed by atoms with Crippen LogP contribution in [-0.2, 0) is 4.79 Å². The van der Waals surface area contributed by atoms with Crippen LogP contribution in [0.25, 0.3) is 16.9 Å². The van der Waals surface area contributed by atoms with E-state index in [1.54, 1.807) is 18.2 Å². The summed E-state index contributed by atoms with van der Waals surface area (Å²) in [4.78, 5) is 32.8. The summed E-state index contributed by atoms with van der Waals surface area (Å²) >= 11 is 0. The first-order chi connectivity index (χ1) is 17.9. The number of amides is 2. The van der Waals surface area contributed by atoms with Crippen LogP contribution in [0.4, 0.5) is 5.95 Å². The molecule has 0 spiro atoms. The lowest BCUT2D eigenvalue weighted by Crippen LogP contribution is -2.42. The molecular formula is C29H28N4O4. The molecule has 5 rings (SSSR count). The van der Waals surface area contributed by atoms with Crippen LogP contribution in [0.15, 0.2) is 79.0 Å². The molecule has 0 bridgehead atoms. The largest absolute Gasteiger partial charge is 0.454 e. The maximum Gasteiger partial charge on any atom is 0.254 e. The molecule has 188 valence electrons. The van der Waals surface area contributed by atoms with Gasteiger partial charge in [-0.15, -0.1) is 0 Å². The number of imidazole rings is 1.